The molecule has 2 aliphatic rings. The lowest BCUT2D eigenvalue weighted by Crippen LogP contribution is -2.40. The summed E-state index contributed by atoms with van der Waals surface area (Å²) in [5, 5.41) is 6.40. The summed E-state index contributed by atoms with van der Waals surface area (Å²) in [4.78, 5) is 7.96. The van der Waals surface area contributed by atoms with Crippen LogP contribution in [0.3, 0.4) is 0 Å². The average Bonchev–Trinajstić information content (AvgIpc) is 2.76. The van der Waals surface area contributed by atoms with Gasteiger partial charge in [-0.25, -0.2) is 14.4 Å². The fourth-order valence-electron chi connectivity index (χ4n) is 2.15. The number of nitrogen functional groups attached to an aromatic ring is 1. The molecule has 2 unspecified atom stereocenters. The Morgan fingerprint density at radius 2 is 2.29 bits per heavy atom. The van der Waals surface area contributed by atoms with E-state index < -0.39 is 5.82 Å². The van der Waals surface area contributed by atoms with E-state index in [0.29, 0.717) is 5.82 Å². The molecule has 0 spiro atoms. The Hall–Kier alpha value is -2.11. The molecule has 0 saturated heterocycles. The minimum Gasteiger partial charge on any atom is -0.381 e. The zero-order valence-corrected chi connectivity index (χ0v) is 9.02. The molecule has 3 rings (SSSR count). The first-order chi connectivity index (χ1) is 8.25. The summed E-state index contributed by atoms with van der Waals surface area (Å²) in [7, 11) is 0. The number of allylic oxidation sites excluding steroid dienone is 1. The number of nitrogens with two attached hydrogens (primary N) is 1. The van der Waals surface area contributed by atoms with Crippen LogP contribution in [0.2, 0.25) is 0 Å². The van der Waals surface area contributed by atoms with E-state index >= 15 is 0 Å². The Bertz CT molecular complexity index is 511. The second-order valence-electron chi connectivity index (χ2n) is 4.08. The molecule has 88 valence electrons. The Balaban J connectivity index is 1.94. The van der Waals surface area contributed by atoms with E-state index in [2.05, 4.69) is 26.7 Å². The Morgan fingerprint density at radius 3 is 3.12 bits per heavy atom. The number of aromatic nitrogens is 2. The highest BCUT2D eigenvalue weighted by atomic mass is 19.1. The molecule has 0 radical (unpaired) electrons. The first-order valence-electron chi connectivity index (χ1n) is 5.41. The monoisotopic (exact) mass is 233 g/mol. The zero-order chi connectivity index (χ0) is 11.8. The molecular weight excluding hydrogens is 221 g/mol. The fourth-order valence-corrected chi connectivity index (χ4v) is 2.15. The quantitative estimate of drug-likeness (QED) is 0.662. The van der Waals surface area contributed by atoms with E-state index in [0.717, 1.165) is 18.2 Å². The summed E-state index contributed by atoms with van der Waals surface area (Å²) in [6.07, 6.45) is 8.00. The van der Waals surface area contributed by atoms with Crippen LogP contribution in [-0.4, -0.2) is 16.1 Å². The maximum absolute atomic E-state index is 13.0. The van der Waals surface area contributed by atoms with Crippen molar-refractivity contribution in [1.29, 1.82) is 0 Å². The summed E-state index contributed by atoms with van der Waals surface area (Å²) in [5.41, 5.74) is 6.41. The van der Waals surface area contributed by atoms with E-state index in [9.17, 15) is 4.39 Å². The largest absolute Gasteiger partial charge is 0.381 e. The van der Waals surface area contributed by atoms with Gasteiger partial charge < -0.3 is 16.4 Å². The van der Waals surface area contributed by atoms with Gasteiger partial charge in [0.15, 0.2) is 17.5 Å². The van der Waals surface area contributed by atoms with Gasteiger partial charge in [-0.3, -0.25) is 0 Å². The molecule has 0 fully saturated rings. The van der Waals surface area contributed by atoms with Crippen molar-refractivity contribution in [1.82, 2.24) is 20.6 Å². The molecule has 3 heterocycles. The second kappa shape index (κ2) is 3.73. The zero-order valence-electron chi connectivity index (χ0n) is 9.02. The molecule has 0 aromatic carbocycles. The van der Waals surface area contributed by atoms with Gasteiger partial charge in [0.1, 0.15) is 6.17 Å². The topological polar surface area (TPSA) is 75.9 Å². The van der Waals surface area contributed by atoms with Crippen LogP contribution in [0.4, 0.5) is 10.2 Å². The van der Waals surface area contributed by atoms with Gasteiger partial charge in [-0.1, -0.05) is 6.08 Å². The summed E-state index contributed by atoms with van der Waals surface area (Å²) in [6.45, 7) is 0. The van der Waals surface area contributed by atoms with Crippen LogP contribution in [0, 0.1) is 11.7 Å². The standard InChI is InChI=1S/C11H12FN5/c12-8-5-16-11(17-9(8)13)7-4-15-10-6(7)2-1-3-14-10/h1,3-6,10,14-15H,2H2,(H2,13,16,17). The number of nitrogens with one attached hydrogen (secondary N) is 2. The van der Waals surface area contributed by atoms with Crippen molar-refractivity contribution in [2.24, 2.45) is 5.92 Å². The van der Waals surface area contributed by atoms with Crippen molar-refractivity contribution in [2.45, 2.75) is 12.6 Å². The van der Waals surface area contributed by atoms with Gasteiger partial charge in [-0.15, -0.1) is 0 Å². The van der Waals surface area contributed by atoms with Gasteiger partial charge in [0.05, 0.1) is 6.20 Å². The van der Waals surface area contributed by atoms with Crippen LogP contribution >= 0.6 is 0 Å². The number of halogens is 1. The van der Waals surface area contributed by atoms with Crippen LogP contribution in [0.25, 0.3) is 5.57 Å². The highest BCUT2D eigenvalue weighted by Gasteiger charge is 2.32. The van der Waals surface area contributed by atoms with Gasteiger partial charge in [0, 0.05) is 17.7 Å². The number of fused-ring (bicyclic) bond motifs is 1. The van der Waals surface area contributed by atoms with Gasteiger partial charge in [-0.05, 0) is 12.6 Å². The maximum atomic E-state index is 13.0. The maximum Gasteiger partial charge on any atom is 0.183 e. The van der Waals surface area contributed by atoms with Crippen molar-refractivity contribution in [3.05, 3.63) is 36.3 Å². The fraction of sp³-hybridized carbons (Fsp3) is 0.273. The van der Waals surface area contributed by atoms with E-state index in [-0.39, 0.29) is 17.9 Å². The Labute approximate surface area is 97.6 Å². The third-order valence-corrected chi connectivity index (χ3v) is 3.03. The lowest BCUT2D eigenvalue weighted by Gasteiger charge is -2.24. The molecule has 0 saturated carbocycles. The first-order valence-corrected chi connectivity index (χ1v) is 5.41. The molecule has 2 aliphatic heterocycles. The van der Waals surface area contributed by atoms with Crippen molar-refractivity contribution >= 4 is 11.4 Å². The molecule has 1 aromatic heterocycles. The lowest BCUT2D eigenvalue weighted by molar-refractivity contribution is 0.433. The molecular formula is C11H12FN5. The summed E-state index contributed by atoms with van der Waals surface area (Å²) < 4.78 is 13.0. The van der Waals surface area contributed by atoms with E-state index in [1.165, 1.54) is 0 Å². The SMILES string of the molecule is Nc1nc(C2=CNC3NC=CCC23)ncc1F. The predicted octanol–water partition coefficient (Wildman–Crippen LogP) is 0.591. The summed E-state index contributed by atoms with van der Waals surface area (Å²) >= 11 is 0. The molecule has 0 aliphatic carbocycles. The highest BCUT2D eigenvalue weighted by molar-refractivity contribution is 5.66. The van der Waals surface area contributed by atoms with Crippen molar-refractivity contribution in [3.8, 4) is 0 Å². The van der Waals surface area contributed by atoms with Crippen LogP contribution < -0.4 is 16.4 Å². The average molecular weight is 233 g/mol. The summed E-state index contributed by atoms with van der Waals surface area (Å²) in [6, 6.07) is 0. The van der Waals surface area contributed by atoms with Crippen LogP contribution in [0.5, 0.6) is 0 Å². The van der Waals surface area contributed by atoms with Crippen molar-refractivity contribution in [3.63, 3.8) is 0 Å². The molecule has 5 nitrogen and oxygen atoms in total. The predicted molar refractivity (Wildman–Crippen MR) is 61.7 cm³/mol. The van der Waals surface area contributed by atoms with Gasteiger partial charge in [0.2, 0.25) is 0 Å². The summed E-state index contributed by atoms with van der Waals surface area (Å²) in [5.74, 6) is 0.0445. The van der Waals surface area contributed by atoms with Crippen LogP contribution in [0.15, 0.2) is 24.7 Å². The number of anilines is 1. The molecule has 17 heavy (non-hydrogen) atoms. The van der Waals surface area contributed by atoms with Gasteiger partial charge >= 0.3 is 0 Å². The van der Waals surface area contributed by atoms with Crippen LogP contribution in [0.1, 0.15) is 12.2 Å². The number of hydrogen-bond acceptors (Lipinski definition) is 5. The minimum absolute atomic E-state index is 0.112. The second-order valence-corrected chi connectivity index (χ2v) is 4.08. The first kappa shape index (κ1) is 10.1. The molecule has 0 amide bonds. The Morgan fingerprint density at radius 1 is 1.41 bits per heavy atom. The number of hydrogen-bond donors (Lipinski definition) is 3. The van der Waals surface area contributed by atoms with Gasteiger partial charge in [-0.2, -0.15) is 0 Å². The molecule has 2 atom stereocenters. The number of nitrogens with zero attached hydrogens (tertiary/aromatic N) is 2. The third-order valence-electron chi connectivity index (χ3n) is 3.03. The molecule has 4 N–H and O–H groups in total. The van der Waals surface area contributed by atoms with Crippen LogP contribution in [-0.2, 0) is 0 Å². The van der Waals surface area contributed by atoms with E-state index in [1.54, 1.807) is 0 Å². The van der Waals surface area contributed by atoms with E-state index in [4.69, 9.17) is 5.73 Å². The number of rotatable bonds is 1. The normalized spacial score (nSPS) is 25.8. The molecule has 6 heteroatoms. The van der Waals surface area contributed by atoms with Gasteiger partial charge in [0.25, 0.3) is 0 Å². The third kappa shape index (κ3) is 1.61. The highest BCUT2D eigenvalue weighted by Crippen LogP contribution is 2.32. The van der Waals surface area contributed by atoms with Crippen molar-refractivity contribution in [2.75, 3.05) is 5.73 Å². The van der Waals surface area contributed by atoms with Crippen molar-refractivity contribution < 1.29 is 4.39 Å². The minimum atomic E-state index is -0.585. The molecule has 1 aromatic rings. The lowest BCUT2D eigenvalue weighted by atomic mass is 9.93. The molecule has 0 bridgehead atoms. The Kier molecular flexibility index (Phi) is 2.21. The smallest absolute Gasteiger partial charge is 0.183 e. The van der Waals surface area contributed by atoms with E-state index in [1.807, 2.05) is 12.4 Å².